The highest BCUT2D eigenvalue weighted by molar-refractivity contribution is 5.81. The molecule has 1 atom stereocenters. The first kappa shape index (κ1) is 19.0. The SMILES string of the molecule is C[C@H](NC(=O)OCC1c2ccccc2-c2ccccc21)C(=O)OC(C)(C)C. The molecule has 0 aliphatic heterocycles. The van der Waals surface area contributed by atoms with Crippen LogP contribution < -0.4 is 5.32 Å². The van der Waals surface area contributed by atoms with Crippen LogP contribution in [0.4, 0.5) is 4.79 Å². The summed E-state index contributed by atoms with van der Waals surface area (Å²) in [5.74, 6) is -0.504. The maximum Gasteiger partial charge on any atom is 0.407 e. The van der Waals surface area contributed by atoms with Crippen LogP contribution in [0.2, 0.25) is 0 Å². The largest absolute Gasteiger partial charge is 0.458 e. The summed E-state index contributed by atoms with van der Waals surface area (Å²) in [5, 5.41) is 2.54. The fourth-order valence-corrected chi connectivity index (χ4v) is 3.27. The lowest BCUT2D eigenvalue weighted by Crippen LogP contribution is -2.42. The molecule has 1 aliphatic carbocycles. The van der Waals surface area contributed by atoms with Gasteiger partial charge in [-0.05, 0) is 49.9 Å². The second kappa shape index (κ2) is 7.43. The molecule has 0 saturated carbocycles. The molecule has 2 aromatic carbocycles. The van der Waals surface area contributed by atoms with Gasteiger partial charge >= 0.3 is 12.1 Å². The van der Waals surface area contributed by atoms with Crippen LogP contribution in [0.5, 0.6) is 0 Å². The molecule has 0 unspecified atom stereocenters. The maximum absolute atomic E-state index is 12.2. The second-order valence-electron chi connectivity index (χ2n) is 7.73. The summed E-state index contributed by atoms with van der Waals surface area (Å²) in [6, 6.07) is 15.5. The van der Waals surface area contributed by atoms with Crippen molar-refractivity contribution < 1.29 is 19.1 Å². The van der Waals surface area contributed by atoms with E-state index in [2.05, 4.69) is 29.6 Å². The van der Waals surface area contributed by atoms with Crippen LogP contribution in [0.3, 0.4) is 0 Å². The van der Waals surface area contributed by atoms with Gasteiger partial charge in [0.15, 0.2) is 0 Å². The molecule has 0 radical (unpaired) electrons. The van der Waals surface area contributed by atoms with Crippen molar-refractivity contribution in [2.75, 3.05) is 6.61 Å². The molecule has 0 heterocycles. The van der Waals surface area contributed by atoms with E-state index in [0.29, 0.717) is 0 Å². The topological polar surface area (TPSA) is 64.6 Å². The minimum Gasteiger partial charge on any atom is -0.458 e. The molecule has 2 aromatic rings. The van der Waals surface area contributed by atoms with Crippen LogP contribution in [-0.4, -0.2) is 30.3 Å². The summed E-state index contributed by atoms with van der Waals surface area (Å²) in [5.41, 5.74) is 4.03. The number of nitrogens with one attached hydrogen (secondary N) is 1. The molecule has 1 amide bonds. The Morgan fingerprint density at radius 2 is 1.52 bits per heavy atom. The molecule has 5 heteroatoms. The normalized spacial score (nSPS) is 14.1. The van der Waals surface area contributed by atoms with Crippen LogP contribution in [0, 0.1) is 0 Å². The Labute approximate surface area is 159 Å². The molecule has 0 spiro atoms. The molecule has 0 aromatic heterocycles. The summed E-state index contributed by atoms with van der Waals surface area (Å²) in [6.45, 7) is 7.14. The Balaban J connectivity index is 1.63. The molecule has 142 valence electrons. The summed E-state index contributed by atoms with van der Waals surface area (Å²) in [6.07, 6.45) is -0.629. The third kappa shape index (κ3) is 4.30. The lowest BCUT2D eigenvalue weighted by molar-refractivity contribution is -0.156. The van der Waals surface area contributed by atoms with Crippen molar-refractivity contribution in [1.29, 1.82) is 0 Å². The number of carbonyl (C=O) groups excluding carboxylic acids is 2. The van der Waals surface area contributed by atoms with Crippen molar-refractivity contribution in [2.24, 2.45) is 0 Å². The van der Waals surface area contributed by atoms with E-state index in [9.17, 15) is 9.59 Å². The Morgan fingerprint density at radius 1 is 1.00 bits per heavy atom. The lowest BCUT2D eigenvalue weighted by atomic mass is 9.98. The van der Waals surface area contributed by atoms with E-state index in [0.717, 1.165) is 11.1 Å². The fraction of sp³-hybridized carbons (Fsp3) is 0.364. The van der Waals surface area contributed by atoms with Crippen molar-refractivity contribution in [2.45, 2.75) is 45.3 Å². The minimum atomic E-state index is -0.778. The minimum absolute atomic E-state index is 0.0139. The van der Waals surface area contributed by atoms with Crippen molar-refractivity contribution in [3.05, 3.63) is 59.7 Å². The smallest absolute Gasteiger partial charge is 0.407 e. The predicted molar refractivity (Wildman–Crippen MR) is 104 cm³/mol. The fourth-order valence-electron chi connectivity index (χ4n) is 3.27. The van der Waals surface area contributed by atoms with Crippen molar-refractivity contribution in [3.8, 4) is 11.1 Å². The van der Waals surface area contributed by atoms with E-state index in [4.69, 9.17) is 9.47 Å². The maximum atomic E-state index is 12.2. The third-order valence-corrected chi connectivity index (χ3v) is 4.44. The van der Waals surface area contributed by atoms with Gasteiger partial charge in [0.25, 0.3) is 0 Å². The van der Waals surface area contributed by atoms with E-state index in [-0.39, 0.29) is 12.5 Å². The predicted octanol–water partition coefficient (Wildman–Crippen LogP) is 4.26. The zero-order chi connectivity index (χ0) is 19.6. The average molecular weight is 367 g/mol. The summed E-state index contributed by atoms with van der Waals surface area (Å²) >= 11 is 0. The number of fused-ring (bicyclic) bond motifs is 3. The van der Waals surface area contributed by atoms with E-state index in [1.165, 1.54) is 11.1 Å². The molecular weight excluding hydrogens is 342 g/mol. The summed E-state index contributed by atoms with van der Waals surface area (Å²) < 4.78 is 10.7. The first-order valence-corrected chi connectivity index (χ1v) is 9.10. The number of esters is 1. The number of alkyl carbamates (subject to hydrolysis) is 1. The molecule has 0 saturated heterocycles. The zero-order valence-corrected chi connectivity index (χ0v) is 16.1. The van der Waals surface area contributed by atoms with Gasteiger partial charge in [-0.3, -0.25) is 0 Å². The van der Waals surface area contributed by atoms with Gasteiger partial charge in [0.2, 0.25) is 0 Å². The van der Waals surface area contributed by atoms with Gasteiger partial charge in [0, 0.05) is 5.92 Å². The Morgan fingerprint density at radius 3 is 2.04 bits per heavy atom. The first-order chi connectivity index (χ1) is 12.8. The summed E-state index contributed by atoms with van der Waals surface area (Å²) in [4.78, 5) is 24.2. The van der Waals surface area contributed by atoms with Crippen LogP contribution >= 0.6 is 0 Å². The Hall–Kier alpha value is -2.82. The van der Waals surface area contributed by atoms with Gasteiger partial charge in [-0.25, -0.2) is 9.59 Å². The van der Waals surface area contributed by atoms with Crippen LogP contribution in [0.15, 0.2) is 48.5 Å². The van der Waals surface area contributed by atoms with Crippen molar-refractivity contribution in [1.82, 2.24) is 5.32 Å². The molecule has 1 N–H and O–H groups in total. The number of ether oxygens (including phenoxy) is 2. The monoisotopic (exact) mass is 367 g/mol. The zero-order valence-electron chi connectivity index (χ0n) is 16.1. The molecule has 0 fully saturated rings. The number of carbonyl (C=O) groups is 2. The standard InChI is InChI=1S/C22H25NO4/c1-14(20(24)27-22(2,3)4)23-21(25)26-13-19-17-11-7-5-9-15(17)16-10-6-8-12-18(16)19/h5-12,14,19H,13H2,1-4H3,(H,23,25)/t14-/m0/s1. The Bertz CT molecular complexity index is 808. The molecule has 5 nitrogen and oxygen atoms in total. The number of benzene rings is 2. The molecular formula is C22H25NO4. The van der Waals surface area contributed by atoms with Crippen LogP contribution in [0.25, 0.3) is 11.1 Å². The highest BCUT2D eigenvalue weighted by Gasteiger charge is 2.29. The van der Waals surface area contributed by atoms with E-state index in [1.807, 2.05) is 24.3 Å². The van der Waals surface area contributed by atoms with E-state index >= 15 is 0 Å². The summed E-state index contributed by atoms with van der Waals surface area (Å²) in [7, 11) is 0. The highest BCUT2D eigenvalue weighted by Crippen LogP contribution is 2.44. The van der Waals surface area contributed by atoms with Crippen LogP contribution in [-0.2, 0) is 14.3 Å². The Kier molecular flexibility index (Phi) is 5.22. The molecule has 0 bridgehead atoms. The third-order valence-electron chi connectivity index (χ3n) is 4.44. The van der Waals surface area contributed by atoms with Crippen LogP contribution in [0.1, 0.15) is 44.7 Å². The average Bonchev–Trinajstić information content (AvgIpc) is 2.92. The van der Waals surface area contributed by atoms with Gasteiger partial charge in [-0.1, -0.05) is 48.5 Å². The lowest BCUT2D eigenvalue weighted by Gasteiger charge is -2.22. The number of hydrogen-bond acceptors (Lipinski definition) is 4. The molecule has 27 heavy (non-hydrogen) atoms. The van der Waals surface area contributed by atoms with E-state index in [1.54, 1.807) is 27.7 Å². The first-order valence-electron chi connectivity index (χ1n) is 9.10. The van der Waals surface area contributed by atoms with Crippen molar-refractivity contribution in [3.63, 3.8) is 0 Å². The van der Waals surface area contributed by atoms with Gasteiger partial charge in [-0.15, -0.1) is 0 Å². The van der Waals surface area contributed by atoms with Gasteiger partial charge in [0.05, 0.1) is 0 Å². The van der Waals surface area contributed by atoms with Crippen molar-refractivity contribution >= 4 is 12.1 Å². The quantitative estimate of drug-likeness (QED) is 0.820. The van der Waals surface area contributed by atoms with Gasteiger partial charge in [0.1, 0.15) is 18.2 Å². The molecule has 3 rings (SSSR count). The number of rotatable bonds is 4. The van der Waals surface area contributed by atoms with Gasteiger partial charge in [-0.2, -0.15) is 0 Å². The molecule has 1 aliphatic rings. The van der Waals surface area contributed by atoms with Gasteiger partial charge < -0.3 is 14.8 Å². The number of amides is 1. The number of hydrogen-bond donors (Lipinski definition) is 1. The highest BCUT2D eigenvalue weighted by atomic mass is 16.6. The second-order valence-corrected chi connectivity index (χ2v) is 7.73. The van der Waals surface area contributed by atoms with E-state index < -0.39 is 23.7 Å².